The third kappa shape index (κ3) is 5.37. The van der Waals surface area contributed by atoms with E-state index in [2.05, 4.69) is 51.2 Å². The zero-order chi connectivity index (χ0) is 13.6. The Morgan fingerprint density at radius 1 is 1.22 bits per heavy atom. The fourth-order valence-electron chi connectivity index (χ4n) is 1.59. The molecule has 0 heterocycles. The van der Waals surface area contributed by atoms with Crippen LogP contribution in [0.2, 0.25) is 0 Å². The highest BCUT2D eigenvalue weighted by Gasteiger charge is 2.08. The van der Waals surface area contributed by atoms with Gasteiger partial charge in [0, 0.05) is 12.1 Å². The number of hydrogen-bond donors (Lipinski definition) is 1. The van der Waals surface area contributed by atoms with Gasteiger partial charge in [0.15, 0.2) is 0 Å². The first-order chi connectivity index (χ1) is 8.44. The summed E-state index contributed by atoms with van der Waals surface area (Å²) in [7, 11) is 1.69. The number of ether oxygens (including phenoxy) is 1. The number of hydrogen-bond acceptors (Lipinski definition) is 2. The Kier molecular flexibility index (Phi) is 5.42. The van der Waals surface area contributed by atoms with Gasteiger partial charge >= 0.3 is 0 Å². The first-order valence-electron chi connectivity index (χ1n) is 6.53. The van der Waals surface area contributed by atoms with Crippen molar-refractivity contribution in [1.29, 1.82) is 0 Å². The van der Waals surface area contributed by atoms with Crippen molar-refractivity contribution in [2.24, 2.45) is 0 Å². The summed E-state index contributed by atoms with van der Waals surface area (Å²) >= 11 is 0. The summed E-state index contributed by atoms with van der Waals surface area (Å²) < 4.78 is 5.16. The van der Waals surface area contributed by atoms with Gasteiger partial charge in [-0.1, -0.05) is 30.7 Å². The molecule has 0 aliphatic heterocycles. The van der Waals surface area contributed by atoms with Gasteiger partial charge in [0.25, 0.3) is 0 Å². The van der Waals surface area contributed by atoms with Crippen LogP contribution in [-0.4, -0.2) is 19.2 Å². The van der Waals surface area contributed by atoms with Gasteiger partial charge in [-0.15, -0.1) is 0 Å². The van der Waals surface area contributed by atoms with Crippen LogP contribution in [0.15, 0.2) is 29.8 Å². The van der Waals surface area contributed by atoms with Crippen LogP contribution in [0.4, 0.5) is 0 Å². The summed E-state index contributed by atoms with van der Waals surface area (Å²) in [5.74, 6) is 0.901. The minimum atomic E-state index is 0.161. The highest BCUT2D eigenvalue weighted by Crippen LogP contribution is 2.15. The average Bonchev–Trinajstić information content (AvgIpc) is 2.34. The summed E-state index contributed by atoms with van der Waals surface area (Å²) in [4.78, 5) is 0. The van der Waals surface area contributed by atoms with Crippen molar-refractivity contribution in [3.8, 4) is 5.75 Å². The van der Waals surface area contributed by atoms with Crippen LogP contribution in [0.1, 0.15) is 39.7 Å². The molecule has 1 N–H and O–H groups in total. The van der Waals surface area contributed by atoms with Crippen LogP contribution < -0.4 is 10.1 Å². The molecule has 0 amide bonds. The number of rotatable bonds is 5. The summed E-state index contributed by atoms with van der Waals surface area (Å²) in [5, 5.41) is 3.52. The summed E-state index contributed by atoms with van der Waals surface area (Å²) in [6.45, 7) is 9.70. The summed E-state index contributed by atoms with van der Waals surface area (Å²) in [5.41, 5.74) is 2.80. The van der Waals surface area contributed by atoms with Crippen LogP contribution in [0.25, 0.3) is 6.08 Å². The van der Waals surface area contributed by atoms with Gasteiger partial charge in [-0.25, -0.2) is 0 Å². The largest absolute Gasteiger partial charge is 0.497 e. The normalized spacial score (nSPS) is 12.6. The molecule has 18 heavy (non-hydrogen) atoms. The van der Waals surface area contributed by atoms with E-state index < -0.39 is 0 Å². The molecule has 0 spiro atoms. The molecular formula is C16H25NO. The second-order valence-electron chi connectivity index (χ2n) is 5.53. The molecule has 2 nitrogen and oxygen atoms in total. The van der Waals surface area contributed by atoms with E-state index >= 15 is 0 Å². The van der Waals surface area contributed by atoms with Gasteiger partial charge in [0.2, 0.25) is 0 Å². The highest BCUT2D eigenvalue weighted by atomic mass is 16.5. The van der Waals surface area contributed by atoms with E-state index in [1.54, 1.807) is 7.11 Å². The second kappa shape index (κ2) is 6.60. The lowest BCUT2D eigenvalue weighted by Crippen LogP contribution is -2.36. The molecule has 1 aromatic carbocycles. The van der Waals surface area contributed by atoms with Gasteiger partial charge in [0.05, 0.1) is 7.11 Å². The van der Waals surface area contributed by atoms with Crippen LogP contribution in [0.5, 0.6) is 5.75 Å². The van der Waals surface area contributed by atoms with E-state index in [-0.39, 0.29) is 5.54 Å². The third-order valence-corrected chi connectivity index (χ3v) is 2.79. The van der Waals surface area contributed by atoms with Crippen molar-refractivity contribution >= 4 is 6.08 Å². The Hall–Kier alpha value is -1.28. The molecular weight excluding hydrogens is 222 g/mol. The highest BCUT2D eigenvalue weighted by molar-refractivity contribution is 5.54. The Labute approximate surface area is 111 Å². The summed E-state index contributed by atoms with van der Waals surface area (Å²) in [6, 6.07) is 8.17. The van der Waals surface area contributed by atoms with Gasteiger partial charge in [0.1, 0.15) is 5.75 Å². The first-order valence-corrected chi connectivity index (χ1v) is 6.53. The zero-order valence-electron chi connectivity index (χ0n) is 12.2. The van der Waals surface area contributed by atoms with E-state index in [0.29, 0.717) is 0 Å². The number of nitrogens with one attached hydrogen (secondary N) is 1. The second-order valence-corrected chi connectivity index (χ2v) is 5.53. The first kappa shape index (κ1) is 14.8. The van der Waals surface area contributed by atoms with Crippen LogP contribution in [0.3, 0.4) is 0 Å². The average molecular weight is 247 g/mol. The van der Waals surface area contributed by atoms with Crippen molar-refractivity contribution in [2.75, 3.05) is 13.7 Å². The molecule has 2 heteroatoms. The Morgan fingerprint density at radius 3 is 2.28 bits per heavy atom. The lowest BCUT2D eigenvalue weighted by molar-refractivity contribution is 0.415. The zero-order valence-corrected chi connectivity index (χ0v) is 12.2. The van der Waals surface area contributed by atoms with Gasteiger partial charge in [-0.05, 0) is 44.9 Å². The van der Waals surface area contributed by atoms with Crippen molar-refractivity contribution in [2.45, 2.75) is 39.7 Å². The number of methoxy groups -OCH3 is 1. The van der Waals surface area contributed by atoms with E-state index in [9.17, 15) is 0 Å². The quantitative estimate of drug-likeness (QED) is 0.852. The lowest BCUT2D eigenvalue weighted by Gasteiger charge is -2.21. The molecule has 0 atom stereocenters. The van der Waals surface area contributed by atoms with E-state index in [1.807, 2.05) is 12.1 Å². The predicted octanol–water partition coefficient (Wildman–Crippen LogP) is 3.88. The number of benzene rings is 1. The molecule has 100 valence electrons. The molecule has 0 saturated heterocycles. The third-order valence-electron chi connectivity index (χ3n) is 2.79. The molecule has 0 aliphatic carbocycles. The lowest BCUT2D eigenvalue weighted by atomic mass is 10.1. The Balaban J connectivity index is 2.70. The minimum Gasteiger partial charge on any atom is -0.497 e. The van der Waals surface area contributed by atoms with Crippen LogP contribution >= 0.6 is 0 Å². The fraction of sp³-hybridized carbons (Fsp3) is 0.500. The molecule has 0 unspecified atom stereocenters. The van der Waals surface area contributed by atoms with E-state index in [4.69, 9.17) is 4.74 Å². The SMILES string of the molecule is CCC(=Cc1ccc(OC)cc1)CNC(C)(C)C. The van der Waals surface area contributed by atoms with Crippen molar-refractivity contribution in [1.82, 2.24) is 5.32 Å². The van der Waals surface area contributed by atoms with Crippen molar-refractivity contribution in [3.05, 3.63) is 35.4 Å². The van der Waals surface area contributed by atoms with E-state index in [0.717, 1.165) is 18.7 Å². The van der Waals surface area contributed by atoms with E-state index in [1.165, 1.54) is 11.1 Å². The molecule has 0 radical (unpaired) electrons. The maximum Gasteiger partial charge on any atom is 0.118 e. The summed E-state index contributed by atoms with van der Waals surface area (Å²) in [6.07, 6.45) is 3.31. The molecule has 0 saturated carbocycles. The monoisotopic (exact) mass is 247 g/mol. The fourth-order valence-corrected chi connectivity index (χ4v) is 1.59. The molecule has 0 bridgehead atoms. The van der Waals surface area contributed by atoms with Gasteiger partial charge < -0.3 is 10.1 Å². The molecule has 0 aliphatic rings. The van der Waals surface area contributed by atoms with Gasteiger partial charge in [-0.2, -0.15) is 0 Å². The minimum absolute atomic E-state index is 0.161. The topological polar surface area (TPSA) is 21.3 Å². The molecule has 1 aromatic rings. The Morgan fingerprint density at radius 2 is 1.83 bits per heavy atom. The Bertz CT molecular complexity index is 385. The van der Waals surface area contributed by atoms with Crippen molar-refractivity contribution in [3.63, 3.8) is 0 Å². The molecule has 0 fully saturated rings. The maximum atomic E-state index is 5.16. The van der Waals surface area contributed by atoms with Crippen molar-refractivity contribution < 1.29 is 4.74 Å². The smallest absolute Gasteiger partial charge is 0.118 e. The molecule has 1 rings (SSSR count). The molecule has 0 aromatic heterocycles. The van der Waals surface area contributed by atoms with Crippen LogP contribution in [0, 0.1) is 0 Å². The maximum absolute atomic E-state index is 5.16. The predicted molar refractivity (Wildman–Crippen MR) is 79.0 cm³/mol. The standard InChI is InChI=1S/C16H25NO/c1-6-13(12-17-16(2,3)4)11-14-7-9-15(18-5)10-8-14/h7-11,17H,6,12H2,1-5H3. The van der Waals surface area contributed by atoms with Gasteiger partial charge in [-0.3, -0.25) is 0 Å². The van der Waals surface area contributed by atoms with Crippen LogP contribution in [-0.2, 0) is 0 Å².